The number of hydrogen-bond donors (Lipinski definition) is 1. The van der Waals surface area contributed by atoms with E-state index in [1.54, 1.807) is 24.5 Å². The lowest BCUT2D eigenvalue weighted by Crippen LogP contribution is -2.49. The van der Waals surface area contributed by atoms with Gasteiger partial charge in [-0.15, -0.1) is 11.3 Å². The average Bonchev–Trinajstić information content (AvgIpc) is 3.72. The van der Waals surface area contributed by atoms with Crippen molar-refractivity contribution >= 4 is 55.5 Å². The van der Waals surface area contributed by atoms with E-state index in [-0.39, 0.29) is 11.8 Å². The van der Waals surface area contributed by atoms with Gasteiger partial charge in [0.2, 0.25) is 5.91 Å². The van der Waals surface area contributed by atoms with E-state index >= 15 is 0 Å². The molecule has 1 saturated carbocycles. The summed E-state index contributed by atoms with van der Waals surface area (Å²) in [5, 5.41) is 2.16. The summed E-state index contributed by atoms with van der Waals surface area (Å²) in [5.74, 6) is 0.506. The highest BCUT2D eigenvalue weighted by Gasteiger charge is 2.34. The molecule has 0 unspecified atom stereocenters. The summed E-state index contributed by atoms with van der Waals surface area (Å²) >= 11 is 7.69. The third-order valence-corrected chi connectivity index (χ3v) is 9.05. The Kier molecular flexibility index (Phi) is 5.79. The summed E-state index contributed by atoms with van der Waals surface area (Å²) in [4.78, 5) is 51.7. The van der Waals surface area contributed by atoms with Gasteiger partial charge in [0, 0.05) is 70.2 Å². The third-order valence-electron chi connectivity index (χ3n) is 7.56. The molecule has 39 heavy (non-hydrogen) atoms. The van der Waals surface area contributed by atoms with Gasteiger partial charge in [-0.05, 0) is 37.1 Å². The Morgan fingerprint density at radius 2 is 1.79 bits per heavy atom. The highest BCUT2D eigenvalue weighted by Crippen LogP contribution is 2.35. The highest BCUT2D eigenvalue weighted by atomic mass is 35.5. The number of anilines is 1. The molecule has 8 nitrogen and oxygen atoms in total. The molecule has 5 aromatic rings. The molecule has 10 heteroatoms. The number of aromatic amines is 1. The number of carbonyl (C=O) groups excluding carboxylic acids is 1. The molecule has 3 aromatic heterocycles. The van der Waals surface area contributed by atoms with Crippen molar-refractivity contribution in [2.45, 2.75) is 12.8 Å². The Hall–Kier alpha value is -3.95. The zero-order chi connectivity index (χ0) is 26.7. The molecule has 2 aromatic carbocycles. The van der Waals surface area contributed by atoms with Crippen molar-refractivity contribution in [2.75, 3.05) is 31.1 Å². The maximum absolute atomic E-state index is 13.7. The van der Waals surface area contributed by atoms with Gasteiger partial charge >= 0.3 is 5.69 Å². The lowest BCUT2D eigenvalue weighted by Gasteiger charge is -2.36. The van der Waals surface area contributed by atoms with Crippen molar-refractivity contribution in [1.82, 2.24) is 19.4 Å². The third kappa shape index (κ3) is 4.22. The summed E-state index contributed by atoms with van der Waals surface area (Å²) in [6.45, 7) is 2.85. The first kappa shape index (κ1) is 24.1. The number of pyridine rings is 1. The van der Waals surface area contributed by atoms with Crippen molar-refractivity contribution < 1.29 is 4.79 Å². The van der Waals surface area contributed by atoms with Gasteiger partial charge in [-0.3, -0.25) is 14.6 Å². The van der Waals surface area contributed by atoms with Gasteiger partial charge in [-0.25, -0.2) is 9.36 Å². The molecule has 0 radical (unpaired) electrons. The van der Waals surface area contributed by atoms with Crippen LogP contribution >= 0.6 is 22.9 Å². The van der Waals surface area contributed by atoms with E-state index in [9.17, 15) is 14.4 Å². The average molecular weight is 558 g/mol. The number of carbonyl (C=O) groups is 1. The maximum Gasteiger partial charge on any atom is 0.333 e. The summed E-state index contributed by atoms with van der Waals surface area (Å²) in [6, 6.07) is 15.2. The maximum atomic E-state index is 13.7. The van der Waals surface area contributed by atoms with Crippen molar-refractivity contribution in [1.29, 1.82) is 0 Å². The minimum absolute atomic E-state index is 0.227. The van der Waals surface area contributed by atoms with Crippen LogP contribution in [0.3, 0.4) is 0 Å². The van der Waals surface area contributed by atoms with E-state index in [0.717, 1.165) is 52.8 Å². The smallest absolute Gasteiger partial charge is 0.333 e. The second-order valence-electron chi connectivity index (χ2n) is 10.1. The molecule has 7 rings (SSSR count). The van der Waals surface area contributed by atoms with Crippen molar-refractivity contribution in [2.24, 2.45) is 5.92 Å². The predicted molar refractivity (Wildman–Crippen MR) is 155 cm³/mol. The van der Waals surface area contributed by atoms with Crippen LogP contribution in [0.2, 0.25) is 5.02 Å². The van der Waals surface area contributed by atoms with Crippen molar-refractivity contribution in [3.63, 3.8) is 0 Å². The van der Waals surface area contributed by atoms with Gasteiger partial charge < -0.3 is 14.8 Å². The Balaban J connectivity index is 1.28. The van der Waals surface area contributed by atoms with Gasteiger partial charge in [0.25, 0.3) is 5.56 Å². The summed E-state index contributed by atoms with van der Waals surface area (Å²) in [6.07, 6.45) is 5.31. The number of fused-ring (bicyclic) bond motifs is 2. The van der Waals surface area contributed by atoms with Gasteiger partial charge in [0.05, 0.1) is 17.4 Å². The molecular formula is C29H24ClN5O3S. The number of halogens is 1. The second-order valence-corrected chi connectivity index (χ2v) is 11.5. The van der Waals surface area contributed by atoms with Crippen LogP contribution in [0.4, 0.5) is 5.69 Å². The number of nitrogens with one attached hydrogen (secondary N) is 1. The molecule has 1 aliphatic carbocycles. The van der Waals surface area contributed by atoms with E-state index in [1.165, 1.54) is 15.9 Å². The Labute approximate surface area is 232 Å². The van der Waals surface area contributed by atoms with E-state index in [1.807, 2.05) is 41.3 Å². The first-order valence-electron chi connectivity index (χ1n) is 12.9. The lowest BCUT2D eigenvalue weighted by molar-refractivity contribution is -0.132. The molecule has 1 N–H and O–H groups in total. The van der Waals surface area contributed by atoms with Crippen LogP contribution in [-0.4, -0.2) is 51.5 Å². The largest absolute Gasteiger partial charge is 0.368 e. The monoisotopic (exact) mass is 557 g/mol. The van der Waals surface area contributed by atoms with Gasteiger partial charge in [-0.1, -0.05) is 35.9 Å². The number of piperazine rings is 1. The van der Waals surface area contributed by atoms with Crippen LogP contribution in [0.15, 0.2) is 70.5 Å². The van der Waals surface area contributed by atoms with E-state index in [2.05, 4.69) is 14.9 Å². The van der Waals surface area contributed by atoms with Crippen molar-refractivity contribution in [3.8, 4) is 16.1 Å². The van der Waals surface area contributed by atoms with Gasteiger partial charge in [0.15, 0.2) is 0 Å². The molecule has 1 aliphatic heterocycles. The van der Waals surface area contributed by atoms with E-state index in [0.29, 0.717) is 34.0 Å². The fourth-order valence-corrected chi connectivity index (χ4v) is 6.68. The fraction of sp³-hybridized carbons (Fsp3) is 0.241. The quantitative estimate of drug-likeness (QED) is 0.347. The zero-order valence-corrected chi connectivity index (χ0v) is 22.5. The number of hydrogen-bond acceptors (Lipinski definition) is 6. The highest BCUT2D eigenvalue weighted by molar-refractivity contribution is 7.22. The number of nitrogens with zero attached hydrogens (tertiary/aromatic N) is 4. The fourth-order valence-electron chi connectivity index (χ4n) is 5.30. The summed E-state index contributed by atoms with van der Waals surface area (Å²) in [7, 11) is 0. The number of aromatic nitrogens is 3. The molecule has 4 heterocycles. The van der Waals surface area contributed by atoms with Crippen LogP contribution in [0.1, 0.15) is 12.8 Å². The van der Waals surface area contributed by atoms with Gasteiger partial charge in [-0.2, -0.15) is 0 Å². The minimum Gasteiger partial charge on any atom is -0.368 e. The zero-order valence-electron chi connectivity index (χ0n) is 20.9. The minimum atomic E-state index is -0.525. The second kappa shape index (κ2) is 9.36. The number of rotatable bonds is 4. The first-order chi connectivity index (χ1) is 19.0. The molecule has 2 aliphatic rings. The molecular weight excluding hydrogens is 534 g/mol. The van der Waals surface area contributed by atoms with Crippen LogP contribution in [0.25, 0.3) is 37.1 Å². The topological polar surface area (TPSA) is 91.3 Å². The normalized spacial score (nSPS) is 15.8. The molecule has 0 spiro atoms. The number of benzene rings is 2. The van der Waals surface area contributed by atoms with Crippen LogP contribution in [0, 0.1) is 5.92 Å². The lowest BCUT2D eigenvalue weighted by atomic mass is 10.1. The summed E-state index contributed by atoms with van der Waals surface area (Å²) < 4.78 is 1.61. The predicted octanol–water partition coefficient (Wildman–Crippen LogP) is 4.67. The van der Waals surface area contributed by atoms with Crippen LogP contribution < -0.4 is 16.1 Å². The summed E-state index contributed by atoms with van der Waals surface area (Å²) in [5.41, 5.74) is 1.78. The van der Waals surface area contributed by atoms with Crippen molar-refractivity contribution in [3.05, 3.63) is 86.8 Å². The molecule has 1 amide bonds. The molecule has 196 valence electrons. The molecule has 1 saturated heterocycles. The van der Waals surface area contributed by atoms with E-state index < -0.39 is 11.2 Å². The Morgan fingerprint density at radius 3 is 2.56 bits per heavy atom. The first-order valence-corrected chi connectivity index (χ1v) is 14.1. The number of amides is 1. The Morgan fingerprint density at radius 1 is 1.00 bits per heavy atom. The Bertz CT molecular complexity index is 1880. The standard InChI is InChI=1S/C29H24ClN5O3S/c30-22-4-2-1-3-20(22)25-14-23-26(39-25)28(37)35(29(38)32-23)24-16-31-15-18-7-8-19(13-21(18)24)33-9-11-34(12-10-33)27(36)17-5-6-17/h1-4,7-8,13-17H,5-6,9-12H2,(H,32,38). The van der Waals surface area contributed by atoms with Gasteiger partial charge in [0.1, 0.15) is 4.70 Å². The van der Waals surface area contributed by atoms with Crippen LogP contribution in [0.5, 0.6) is 0 Å². The molecule has 0 atom stereocenters. The molecule has 2 fully saturated rings. The molecule has 0 bridgehead atoms. The number of H-pyrrole nitrogens is 1. The van der Waals surface area contributed by atoms with E-state index in [4.69, 9.17) is 11.6 Å². The SMILES string of the molecule is O=C(C1CC1)N1CCN(c2ccc3cncc(-n4c(=O)[nH]c5cc(-c6ccccc6Cl)sc5c4=O)c3c2)CC1. The number of thiophene rings is 1. The van der Waals surface area contributed by atoms with Crippen LogP contribution in [-0.2, 0) is 4.79 Å².